The summed E-state index contributed by atoms with van der Waals surface area (Å²) in [5, 5.41) is 2.90. The minimum atomic E-state index is -0.203. The van der Waals surface area contributed by atoms with E-state index in [0.717, 1.165) is 25.3 Å². The summed E-state index contributed by atoms with van der Waals surface area (Å²) in [4.78, 5) is 19.4. The molecule has 1 aliphatic heterocycles. The molecule has 0 saturated carbocycles. The number of methoxy groups -OCH3 is 2. The summed E-state index contributed by atoms with van der Waals surface area (Å²) >= 11 is 0. The molecule has 1 atom stereocenters. The maximum absolute atomic E-state index is 12.7. The van der Waals surface area contributed by atoms with E-state index in [1.54, 1.807) is 44.7 Å². The Labute approximate surface area is 154 Å². The topological polar surface area (TPSA) is 63.7 Å². The molecule has 1 aromatic heterocycles. The number of hydrogen-bond donors (Lipinski definition) is 1. The van der Waals surface area contributed by atoms with Crippen molar-refractivity contribution in [3.05, 3.63) is 42.1 Å². The fourth-order valence-electron chi connectivity index (χ4n) is 3.24. The van der Waals surface area contributed by atoms with Gasteiger partial charge in [0.05, 0.1) is 19.9 Å². The maximum Gasteiger partial charge on any atom is 0.255 e. The first-order valence-electron chi connectivity index (χ1n) is 8.85. The first-order valence-corrected chi connectivity index (χ1v) is 8.85. The van der Waals surface area contributed by atoms with E-state index in [0.29, 0.717) is 28.7 Å². The number of carbonyl (C=O) groups is 1. The number of pyridine rings is 1. The third-order valence-corrected chi connectivity index (χ3v) is 4.64. The van der Waals surface area contributed by atoms with Crippen molar-refractivity contribution in [2.75, 3.05) is 37.5 Å². The van der Waals surface area contributed by atoms with Crippen LogP contribution in [0.4, 0.5) is 11.5 Å². The quantitative estimate of drug-likeness (QED) is 0.888. The molecular formula is C20H25N3O3. The van der Waals surface area contributed by atoms with E-state index in [1.165, 1.54) is 6.42 Å². The van der Waals surface area contributed by atoms with E-state index in [2.05, 4.69) is 22.1 Å². The first kappa shape index (κ1) is 18.0. The minimum Gasteiger partial charge on any atom is -0.497 e. The molecule has 0 aliphatic carbocycles. The lowest BCUT2D eigenvalue weighted by Crippen LogP contribution is -2.34. The third-order valence-electron chi connectivity index (χ3n) is 4.64. The Balaban J connectivity index is 1.79. The molecule has 1 aliphatic rings. The number of amides is 1. The van der Waals surface area contributed by atoms with Gasteiger partial charge in [-0.1, -0.05) is 6.92 Å². The van der Waals surface area contributed by atoms with Crippen LogP contribution in [0, 0.1) is 5.92 Å². The molecule has 138 valence electrons. The van der Waals surface area contributed by atoms with Crippen molar-refractivity contribution in [2.45, 2.75) is 19.8 Å². The average molecular weight is 355 g/mol. The van der Waals surface area contributed by atoms with Crippen LogP contribution >= 0.6 is 0 Å². The van der Waals surface area contributed by atoms with Crippen LogP contribution in [-0.2, 0) is 0 Å². The van der Waals surface area contributed by atoms with Gasteiger partial charge >= 0.3 is 0 Å². The third kappa shape index (κ3) is 4.07. The second-order valence-corrected chi connectivity index (χ2v) is 6.62. The highest BCUT2D eigenvalue weighted by molar-refractivity contribution is 6.05. The van der Waals surface area contributed by atoms with Gasteiger partial charge in [-0.05, 0) is 43.0 Å². The Morgan fingerprint density at radius 2 is 2.08 bits per heavy atom. The van der Waals surface area contributed by atoms with Crippen molar-refractivity contribution >= 4 is 17.4 Å². The number of anilines is 2. The number of hydrogen-bond acceptors (Lipinski definition) is 5. The van der Waals surface area contributed by atoms with Crippen LogP contribution in [-0.4, -0.2) is 38.2 Å². The molecule has 1 saturated heterocycles. The van der Waals surface area contributed by atoms with Crippen LogP contribution in [0.2, 0.25) is 0 Å². The summed E-state index contributed by atoms with van der Waals surface area (Å²) in [6.07, 6.45) is 4.08. The normalized spacial score (nSPS) is 16.9. The van der Waals surface area contributed by atoms with Gasteiger partial charge in [0.25, 0.3) is 5.91 Å². The number of nitrogens with zero attached hydrogens (tertiary/aromatic N) is 2. The van der Waals surface area contributed by atoms with Crippen molar-refractivity contribution in [3.8, 4) is 11.5 Å². The highest BCUT2D eigenvalue weighted by Crippen LogP contribution is 2.29. The van der Waals surface area contributed by atoms with E-state index < -0.39 is 0 Å². The molecule has 0 bridgehead atoms. The van der Waals surface area contributed by atoms with Crippen LogP contribution in [0.1, 0.15) is 30.1 Å². The second kappa shape index (κ2) is 8.08. The minimum absolute atomic E-state index is 0.203. The van der Waals surface area contributed by atoms with Gasteiger partial charge in [-0.25, -0.2) is 4.98 Å². The monoisotopic (exact) mass is 355 g/mol. The Bertz CT molecular complexity index is 779. The second-order valence-electron chi connectivity index (χ2n) is 6.62. The van der Waals surface area contributed by atoms with Gasteiger partial charge in [-0.15, -0.1) is 0 Å². The number of benzene rings is 1. The van der Waals surface area contributed by atoms with Gasteiger partial charge in [0, 0.05) is 30.9 Å². The molecular weight excluding hydrogens is 330 g/mol. The Kier molecular flexibility index (Phi) is 5.61. The lowest BCUT2D eigenvalue weighted by molar-refractivity contribution is 0.102. The molecule has 2 aromatic rings. The summed E-state index contributed by atoms with van der Waals surface area (Å²) in [5.41, 5.74) is 1.14. The Morgan fingerprint density at radius 3 is 2.81 bits per heavy atom. The van der Waals surface area contributed by atoms with Crippen molar-refractivity contribution in [3.63, 3.8) is 0 Å². The molecule has 26 heavy (non-hydrogen) atoms. The lowest BCUT2D eigenvalue weighted by atomic mass is 10.0. The van der Waals surface area contributed by atoms with E-state index in [1.807, 2.05) is 6.07 Å². The van der Waals surface area contributed by atoms with Crippen molar-refractivity contribution in [1.82, 2.24) is 4.98 Å². The SMILES string of the molecule is COc1ccc(OC)c(NC(=O)c2ccnc(N3CCCC(C)C3)c2)c1. The number of ether oxygens (including phenoxy) is 2. The zero-order valence-corrected chi connectivity index (χ0v) is 15.5. The summed E-state index contributed by atoms with van der Waals surface area (Å²) in [6.45, 7) is 4.20. The van der Waals surface area contributed by atoms with Gasteiger partial charge in [0.15, 0.2) is 0 Å². The number of carbonyl (C=O) groups excluding carboxylic acids is 1. The molecule has 1 unspecified atom stereocenters. The van der Waals surface area contributed by atoms with Gasteiger partial charge < -0.3 is 19.7 Å². The number of aromatic nitrogens is 1. The fraction of sp³-hybridized carbons (Fsp3) is 0.400. The number of nitrogens with one attached hydrogen (secondary N) is 1. The van der Waals surface area contributed by atoms with E-state index in [-0.39, 0.29) is 5.91 Å². The smallest absolute Gasteiger partial charge is 0.255 e. The summed E-state index contributed by atoms with van der Waals surface area (Å²) < 4.78 is 10.5. The molecule has 6 heteroatoms. The van der Waals surface area contributed by atoms with E-state index in [4.69, 9.17) is 9.47 Å². The summed E-state index contributed by atoms with van der Waals surface area (Å²) in [6, 6.07) is 8.86. The van der Waals surface area contributed by atoms with Crippen molar-refractivity contribution < 1.29 is 14.3 Å². The average Bonchev–Trinajstić information content (AvgIpc) is 2.68. The van der Waals surface area contributed by atoms with E-state index in [9.17, 15) is 4.79 Å². The zero-order chi connectivity index (χ0) is 18.5. The molecule has 3 rings (SSSR count). The zero-order valence-electron chi connectivity index (χ0n) is 15.5. The van der Waals surface area contributed by atoms with E-state index >= 15 is 0 Å². The van der Waals surface area contributed by atoms with Crippen molar-refractivity contribution in [2.24, 2.45) is 5.92 Å². The molecule has 0 spiro atoms. The molecule has 1 aromatic carbocycles. The van der Waals surface area contributed by atoms with Gasteiger partial charge in [-0.3, -0.25) is 4.79 Å². The largest absolute Gasteiger partial charge is 0.497 e. The number of rotatable bonds is 5. The van der Waals surface area contributed by atoms with Crippen LogP contribution in [0.3, 0.4) is 0 Å². The van der Waals surface area contributed by atoms with Crippen LogP contribution in [0.5, 0.6) is 11.5 Å². The molecule has 6 nitrogen and oxygen atoms in total. The Hall–Kier alpha value is -2.76. The number of piperidine rings is 1. The summed E-state index contributed by atoms with van der Waals surface area (Å²) in [5.74, 6) is 2.52. The fourth-order valence-corrected chi connectivity index (χ4v) is 3.24. The maximum atomic E-state index is 12.7. The van der Waals surface area contributed by atoms with Crippen LogP contribution in [0.15, 0.2) is 36.5 Å². The van der Waals surface area contributed by atoms with Gasteiger partial charge in [0.2, 0.25) is 0 Å². The molecule has 1 amide bonds. The first-order chi connectivity index (χ1) is 12.6. The lowest BCUT2D eigenvalue weighted by Gasteiger charge is -2.31. The molecule has 0 radical (unpaired) electrons. The highest BCUT2D eigenvalue weighted by Gasteiger charge is 2.19. The standard InChI is InChI=1S/C20H25N3O3/c1-14-5-4-10-23(13-14)19-11-15(8-9-21-19)20(24)22-17-12-16(25-2)6-7-18(17)26-3/h6-9,11-12,14H,4-5,10,13H2,1-3H3,(H,22,24). The predicted octanol–water partition coefficient (Wildman–Crippen LogP) is 3.59. The van der Waals surface area contributed by atoms with Crippen LogP contribution < -0.4 is 19.7 Å². The Morgan fingerprint density at radius 1 is 1.23 bits per heavy atom. The van der Waals surface area contributed by atoms with Crippen LogP contribution in [0.25, 0.3) is 0 Å². The molecule has 1 N–H and O–H groups in total. The molecule has 2 heterocycles. The predicted molar refractivity (Wildman–Crippen MR) is 102 cm³/mol. The summed E-state index contributed by atoms with van der Waals surface area (Å²) in [7, 11) is 3.15. The van der Waals surface area contributed by atoms with Gasteiger partial charge in [-0.2, -0.15) is 0 Å². The van der Waals surface area contributed by atoms with Crippen molar-refractivity contribution in [1.29, 1.82) is 0 Å². The highest BCUT2D eigenvalue weighted by atomic mass is 16.5. The van der Waals surface area contributed by atoms with Gasteiger partial charge in [0.1, 0.15) is 17.3 Å². The molecule has 1 fully saturated rings.